The zero-order chi connectivity index (χ0) is 11.1. The van der Waals surface area contributed by atoms with Gasteiger partial charge in [-0.05, 0) is 27.8 Å². The molecule has 84 valence electrons. The summed E-state index contributed by atoms with van der Waals surface area (Å²) >= 11 is 0. The van der Waals surface area contributed by atoms with E-state index >= 15 is 0 Å². The van der Waals surface area contributed by atoms with E-state index in [1.165, 1.54) is 0 Å². The van der Waals surface area contributed by atoms with Gasteiger partial charge < -0.3 is 9.47 Å². The van der Waals surface area contributed by atoms with Gasteiger partial charge in [-0.25, -0.2) is 0 Å². The van der Waals surface area contributed by atoms with Crippen molar-refractivity contribution in [2.24, 2.45) is 0 Å². The SMILES string of the molecule is CCOC(=O)C(C)N(C)C(C)COC. The van der Waals surface area contributed by atoms with E-state index in [4.69, 9.17) is 9.47 Å². The molecule has 0 saturated heterocycles. The van der Waals surface area contributed by atoms with E-state index in [1.807, 2.05) is 32.7 Å². The summed E-state index contributed by atoms with van der Waals surface area (Å²) in [5, 5.41) is 0. The largest absolute Gasteiger partial charge is 0.465 e. The number of nitrogens with zero attached hydrogens (tertiary/aromatic N) is 1. The van der Waals surface area contributed by atoms with Gasteiger partial charge in [0.25, 0.3) is 0 Å². The highest BCUT2D eigenvalue weighted by atomic mass is 16.5. The fourth-order valence-electron chi connectivity index (χ4n) is 1.17. The van der Waals surface area contributed by atoms with Crippen LogP contribution in [0.4, 0.5) is 0 Å². The van der Waals surface area contributed by atoms with Gasteiger partial charge in [0.05, 0.1) is 13.2 Å². The van der Waals surface area contributed by atoms with E-state index < -0.39 is 0 Å². The molecular formula is C10H21NO3. The molecule has 14 heavy (non-hydrogen) atoms. The Kier molecular flexibility index (Phi) is 6.49. The lowest BCUT2D eigenvalue weighted by atomic mass is 10.2. The Bertz CT molecular complexity index is 173. The predicted molar refractivity (Wildman–Crippen MR) is 55.2 cm³/mol. The summed E-state index contributed by atoms with van der Waals surface area (Å²) in [6.07, 6.45) is 0. The standard InChI is InChI=1S/C10H21NO3/c1-6-14-10(12)9(3)11(4)8(2)7-13-5/h8-9H,6-7H2,1-5H3. The van der Waals surface area contributed by atoms with Gasteiger partial charge in [-0.1, -0.05) is 0 Å². The van der Waals surface area contributed by atoms with Crippen molar-refractivity contribution in [1.82, 2.24) is 4.90 Å². The number of likely N-dealkylation sites (N-methyl/N-ethyl adjacent to an activating group) is 1. The van der Waals surface area contributed by atoms with Crippen LogP contribution in [0.5, 0.6) is 0 Å². The summed E-state index contributed by atoms with van der Waals surface area (Å²) < 4.78 is 9.95. The van der Waals surface area contributed by atoms with Crippen molar-refractivity contribution in [2.45, 2.75) is 32.9 Å². The third-order valence-electron chi connectivity index (χ3n) is 2.34. The first-order chi connectivity index (χ1) is 6.54. The first-order valence-electron chi connectivity index (χ1n) is 4.92. The van der Waals surface area contributed by atoms with Crippen LogP contribution in [-0.2, 0) is 14.3 Å². The Hall–Kier alpha value is -0.610. The van der Waals surface area contributed by atoms with Crippen LogP contribution < -0.4 is 0 Å². The van der Waals surface area contributed by atoms with E-state index in [-0.39, 0.29) is 18.1 Å². The Balaban J connectivity index is 4.08. The summed E-state index contributed by atoms with van der Waals surface area (Å²) in [5.41, 5.74) is 0. The molecule has 0 bridgehead atoms. The molecule has 0 fully saturated rings. The van der Waals surface area contributed by atoms with Gasteiger partial charge in [0, 0.05) is 13.2 Å². The van der Waals surface area contributed by atoms with E-state index in [9.17, 15) is 4.79 Å². The molecule has 0 aliphatic heterocycles. The molecule has 0 rings (SSSR count). The van der Waals surface area contributed by atoms with Crippen molar-refractivity contribution in [1.29, 1.82) is 0 Å². The minimum absolute atomic E-state index is 0.182. The highest BCUT2D eigenvalue weighted by Gasteiger charge is 2.22. The molecule has 4 nitrogen and oxygen atoms in total. The molecule has 0 aliphatic carbocycles. The fraction of sp³-hybridized carbons (Fsp3) is 0.900. The van der Waals surface area contributed by atoms with E-state index in [1.54, 1.807) is 7.11 Å². The summed E-state index contributed by atoms with van der Waals surface area (Å²) in [7, 11) is 3.55. The van der Waals surface area contributed by atoms with E-state index in [0.29, 0.717) is 13.2 Å². The molecule has 0 heterocycles. The van der Waals surface area contributed by atoms with E-state index in [0.717, 1.165) is 0 Å². The van der Waals surface area contributed by atoms with Gasteiger partial charge >= 0.3 is 5.97 Å². The molecule has 2 atom stereocenters. The van der Waals surface area contributed by atoms with E-state index in [2.05, 4.69) is 0 Å². The molecule has 0 aromatic carbocycles. The number of hydrogen-bond donors (Lipinski definition) is 0. The molecule has 0 spiro atoms. The lowest BCUT2D eigenvalue weighted by Gasteiger charge is -2.28. The molecule has 2 unspecified atom stereocenters. The Morgan fingerprint density at radius 3 is 2.43 bits per heavy atom. The minimum Gasteiger partial charge on any atom is -0.465 e. The number of ether oxygens (including phenoxy) is 2. The maximum absolute atomic E-state index is 11.4. The molecule has 0 aromatic heterocycles. The Morgan fingerprint density at radius 1 is 1.43 bits per heavy atom. The summed E-state index contributed by atoms with van der Waals surface area (Å²) in [5.74, 6) is -0.182. The predicted octanol–water partition coefficient (Wildman–Crippen LogP) is 0.905. The number of carbonyl (C=O) groups excluding carboxylic acids is 1. The second kappa shape index (κ2) is 6.79. The van der Waals surface area contributed by atoms with Crippen LogP contribution in [-0.4, -0.2) is 50.3 Å². The normalized spacial score (nSPS) is 15.3. The smallest absolute Gasteiger partial charge is 0.323 e. The Labute approximate surface area is 86.2 Å². The van der Waals surface area contributed by atoms with Crippen LogP contribution in [0.15, 0.2) is 0 Å². The molecule has 0 aliphatic rings. The van der Waals surface area contributed by atoms with Crippen molar-refractivity contribution in [3.63, 3.8) is 0 Å². The van der Waals surface area contributed by atoms with Gasteiger partial charge in [0.15, 0.2) is 0 Å². The highest BCUT2D eigenvalue weighted by molar-refractivity contribution is 5.75. The second-order valence-electron chi connectivity index (χ2n) is 3.40. The first-order valence-corrected chi connectivity index (χ1v) is 4.92. The first kappa shape index (κ1) is 13.4. The molecule has 0 amide bonds. The van der Waals surface area contributed by atoms with Crippen molar-refractivity contribution in [3.8, 4) is 0 Å². The molecule has 0 radical (unpaired) electrons. The summed E-state index contributed by atoms with van der Waals surface area (Å²) in [4.78, 5) is 13.3. The molecule has 4 heteroatoms. The lowest BCUT2D eigenvalue weighted by Crippen LogP contribution is -2.44. The van der Waals surface area contributed by atoms with Crippen LogP contribution in [0.2, 0.25) is 0 Å². The molecule has 0 saturated carbocycles. The molecule has 0 aromatic rings. The topological polar surface area (TPSA) is 38.8 Å². The fourth-order valence-corrected chi connectivity index (χ4v) is 1.17. The van der Waals surface area contributed by atoms with Gasteiger partial charge in [-0.3, -0.25) is 9.69 Å². The number of esters is 1. The average molecular weight is 203 g/mol. The third-order valence-corrected chi connectivity index (χ3v) is 2.34. The number of carbonyl (C=O) groups is 1. The monoisotopic (exact) mass is 203 g/mol. The molecular weight excluding hydrogens is 182 g/mol. The number of rotatable bonds is 6. The third kappa shape index (κ3) is 4.07. The van der Waals surface area contributed by atoms with Gasteiger partial charge in [-0.2, -0.15) is 0 Å². The Morgan fingerprint density at radius 2 is 2.00 bits per heavy atom. The second-order valence-corrected chi connectivity index (χ2v) is 3.40. The van der Waals surface area contributed by atoms with Gasteiger partial charge in [-0.15, -0.1) is 0 Å². The minimum atomic E-state index is -0.222. The van der Waals surface area contributed by atoms with Crippen LogP contribution >= 0.6 is 0 Å². The highest BCUT2D eigenvalue weighted by Crippen LogP contribution is 2.04. The van der Waals surface area contributed by atoms with Crippen molar-refractivity contribution >= 4 is 5.97 Å². The zero-order valence-corrected chi connectivity index (χ0v) is 9.74. The maximum atomic E-state index is 11.4. The van der Waals surface area contributed by atoms with Crippen LogP contribution in [0.25, 0.3) is 0 Å². The average Bonchev–Trinajstić information content (AvgIpc) is 2.16. The van der Waals surface area contributed by atoms with Crippen LogP contribution in [0.1, 0.15) is 20.8 Å². The van der Waals surface area contributed by atoms with Crippen LogP contribution in [0.3, 0.4) is 0 Å². The van der Waals surface area contributed by atoms with Gasteiger partial charge in [0.1, 0.15) is 6.04 Å². The quantitative estimate of drug-likeness (QED) is 0.601. The van der Waals surface area contributed by atoms with Crippen molar-refractivity contribution in [3.05, 3.63) is 0 Å². The number of hydrogen-bond acceptors (Lipinski definition) is 4. The van der Waals surface area contributed by atoms with Gasteiger partial charge in [0.2, 0.25) is 0 Å². The maximum Gasteiger partial charge on any atom is 0.323 e. The lowest BCUT2D eigenvalue weighted by molar-refractivity contribution is -0.149. The van der Waals surface area contributed by atoms with Crippen molar-refractivity contribution < 1.29 is 14.3 Å². The van der Waals surface area contributed by atoms with Crippen LogP contribution in [0, 0.1) is 0 Å². The molecule has 0 N–H and O–H groups in total. The summed E-state index contributed by atoms with van der Waals surface area (Å²) in [6, 6.07) is -0.0143. The van der Waals surface area contributed by atoms with Crippen molar-refractivity contribution in [2.75, 3.05) is 27.4 Å². The zero-order valence-electron chi connectivity index (χ0n) is 9.74. The number of methoxy groups -OCH3 is 1. The summed E-state index contributed by atoms with van der Waals surface area (Å²) in [6.45, 7) is 6.70.